The van der Waals surface area contributed by atoms with Crippen LogP contribution in [0.1, 0.15) is 33.1 Å². The van der Waals surface area contributed by atoms with E-state index in [1.54, 1.807) is 7.11 Å². The van der Waals surface area contributed by atoms with E-state index in [0.29, 0.717) is 25.6 Å². The highest BCUT2D eigenvalue weighted by molar-refractivity contribution is 5.76. The molecule has 0 aromatic carbocycles. The maximum absolute atomic E-state index is 12.0. The first-order valence-electron chi connectivity index (χ1n) is 6.14. The van der Waals surface area contributed by atoms with Crippen LogP contribution in [0, 0.1) is 0 Å². The van der Waals surface area contributed by atoms with E-state index in [4.69, 9.17) is 4.74 Å². The number of hydrogen-bond donors (Lipinski definition) is 1. The minimum absolute atomic E-state index is 0.222. The molecule has 4 heteroatoms. The van der Waals surface area contributed by atoms with Crippen molar-refractivity contribution in [2.75, 3.05) is 33.9 Å². The van der Waals surface area contributed by atoms with Gasteiger partial charge in [-0.15, -0.1) is 0 Å². The van der Waals surface area contributed by atoms with Gasteiger partial charge in [0.2, 0.25) is 5.91 Å². The van der Waals surface area contributed by atoms with Gasteiger partial charge in [-0.05, 0) is 19.9 Å². The fourth-order valence-corrected chi connectivity index (χ4v) is 1.81. The van der Waals surface area contributed by atoms with Gasteiger partial charge in [0.1, 0.15) is 0 Å². The Kier molecular flexibility index (Phi) is 9.24. The molecule has 0 saturated carbocycles. The Morgan fingerprint density at radius 3 is 2.44 bits per heavy atom. The van der Waals surface area contributed by atoms with Crippen molar-refractivity contribution >= 4 is 5.91 Å². The molecule has 96 valence electrons. The van der Waals surface area contributed by atoms with Crippen molar-refractivity contribution in [1.29, 1.82) is 0 Å². The maximum atomic E-state index is 12.0. The molecule has 0 saturated heterocycles. The highest BCUT2D eigenvalue weighted by atomic mass is 16.5. The Hall–Kier alpha value is -0.610. The van der Waals surface area contributed by atoms with Crippen molar-refractivity contribution in [3.05, 3.63) is 0 Å². The van der Waals surface area contributed by atoms with E-state index >= 15 is 0 Å². The normalized spacial score (nSPS) is 10.8. The molecule has 0 spiro atoms. The lowest BCUT2D eigenvalue weighted by Crippen LogP contribution is -2.42. The molecule has 1 N–H and O–H groups in total. The number of methoxy groups -OCH3 is 1. The average Bonchev–Trinajstić information content (AvgIpc) is 2.31. The topological polar surface area (TPSA) is 41.6 Å². The minimum atomic E-state index is 0.222. The summed E-state index contributed by atoms with van der Waals surface area (Å²) in [6.45, 7) is 6.30. The van der Waals surface area contributed by atoms with Crippen LogP contribution in [0.2, 0.25) is 0 Å². The molecule has 4 nitrogen and oxygen atoms in total. The number of amides is 1. The number of nitrogens with zero attached hydrogens (tertiary/aromatic N) is 1. The summed E-state index contributed by atoms with van der Waals surface area (Å²) in [5, 5.41) is 3.01. The van der Waals surface area contributed by atoms with Crippen molar-refractivity contribution in [1.82, 2.24) is 10.2 Å². The van der Waals surface area contributed by atoms with Crippen LogP contribution in [0.15, 0.2) is 0 Å². The van der Waals surface area contributed by atoms with Crippen LogP contribution in [0.3, 0.4) is 0 Å². The molecule has 0 aliphatic carbocycles. The zero-order valence-electron chi connectivity index (χ0n) is 11.1. The van der Waals surface area contributed by atoms with Crippen molar-refractivity contribution < 1.29 is 9.53 Å². The lowest BCUT2D eigenvalue weighted by Gasteiger charge is -2.30. The summed E-state index contributed by atoms with van der Waals surface area (Å²) >= 11 is 0. The van der Waals surface area contributed by atoms with E-state index in [0.717, 1.165) is 19.4 Å². The lowest BCUT2D eigenvalue weighted by atomic mass is 10.1. The first-order valence-corrected chi connectivity index (χ1v) is 6.14. The summed E-state index contributed by atoms with van der Waals surface area (Å²) in [4.78, 5) is 14.0. The molecule has 0 bridgehead atoms. The largest absolute Gasteiger partial charge is 0.383 e. The van der Waals surface area contributed by atoms with Gasteiger partial charge in [0.05, 0.1) is 6.61 Å². The van der Waals surface area contributed by atoms with E-state index < -0.39 is 0 Å². The van der Waals surface area contributed by atoms with Crippen LogP contribution in [0.4, 0.5) is 0 Å². The van der Waals surface area contributed by atoms with E-state index in [1.807, 2.05) is 11.9 Å². The van der Waals surface area contributed by atoms with Crippen LogP contribution < -0.4 is 5.32 Å². The minimum Gasteiger partial charge on any atom is -0.383 e. The maximum Gasteiger partial charge on any atom is 0.224 e. The summed E-state index contributed by atoms with van der Waals surface area (Å²) in [5.74, 6) is 0.222. The molecule has 16 heavy (non-hydrogen) atoms. The third-order valence-electron chi connectivity index (χ3n) is 2.83. The van der Waals surface area contributed by atoms with Gasteiger partial charge < -0.3 is 15.0 Å². The van der Waals surface area contributed by atoms with Crippen LogP contribution in [-0.2, 0) is 9.53 Å². The Morgan fingerprint density at radius 2 is 2.00 bits per heavy atom. The van der Waals surface area contributed by atoms with Gasteiger partial charge in [0.15, 0.2) is 0 Å². The second kappa shape index (κ2) is 9.60. The Balaban J connectivity index is 4.32. The standard InChI is InChI=1S/C12H26N2O2/c1-5-11(6-2)14(9-10-16-4)12(15)7-8-13-3/h11,13H,5-10H2,1-4H3. The monoisotopic (exact) mass is 230 g/mol. The Labute approximate surface area is 99.3 Å². The van der Waals surface area contributed by atoms with Gasteiger partial charge >= 0.3 is 0 Å². The number of hydrogen-bond acceptors (Lipinski definition) is 3. The lowest BCUT2D eigenvalue weighted by molar-refractivity contribution is -0.134. The molecule has 0 aliphatic heterocycles. The van der Waals surface area contributed by atoms with E-state index in [2.05, 4.69) is 19.2 Å². The predicted molar refractivity (Wildman–Crippen MR) is 66.5 cm³/mol. The zero-order chi connectivity index (χ0) is 12.4. The first-order chi connectivity index (χ1) is 7.71. The summed E-state index contributed by atoms with van der Waals surface area (Å²) in [5.41, 5.74) is 0. The Bertz CT molecular complexity index is 182. The number of carbonyl (C=O) groups excluding carboxylic acids is 1. The van der Waals surface area contributed by atoms with Gasteiger partial charge in [0.25, 0.3) is 0 Å². The molecule has 0 aliphatic rings. The van der Waals surface area contributed by atoms with Crippen LogP contribution in [0.25, 0.3) is 0 Å². The number of ether oxygens (including phenoxy) is 1. The number of nitrogens with one attached hydrogen (secondary N) is 1. The van der Waals surface area contributed by atoms with E-state index in [1.165, 1.54) is 0 Å². The van der Waals surface area contributed by atoms with Gasteiger partial charge in [-0.25, -0.2) is 0 Å². The second-order valence-corrected chi connectivity index (χ2v) is 3.90. The van der Waals surface area contributed by atoms with E-state index in [-0.39, 0.29) is 5.91 Å². The molecule has 0 fully saturated rings. The zero-order valence-corrected chi connectivity index (χ0v) is 11.1. The fourth-order valence-electron chi connectivity index (χ4n) is 1.81. The van der Waals surface area contributed by atoms with Gasteiger partial charge in [-0.3, -0.25) is 4.79 Å². The van der Waals surface area contributed by atoms with Crippen molar-refractivity contribution in [3.8, 4) is 0 Å². The second-order valence-electron chi connectivity index (χ2n) is 3.90. The molecular formula is C12H26N2O2. The van der Waals surface area contributed by atoms with Gasteiger partial charge in [-0.1, -0.05) is 13.8 Å². The molecule has 0 unspecified atom stereocenters. The van der Waals surface area contributed by atoms with Crippen molar-refractivity contribution in [2.45, 2.75) is 39.2 Å². The predicted octanol–water partition coefficient (Wildman–Crippen LogP) is 1.26. The average molecular weight is 230 g/mol. The number of carbonyl (C=O) groups is 1. The van der Waals surface area contributed by atoms with Gasteiger partial charge in [0, 0.05) is 32.7 Å². The van der Waals surface area contributed by atoms with Gasteiger partial charge in [-0.2, -0.15) is 0 Å². The third kappa shape index (κ3) is 5.47. The summed E-state index contributed by atoms with van der Waals surface area (Å²) in [6.07, 6.45) is 2.58. The summed E-state index contributed by atoms with van der Waals surface area (Å²) in [7, 11) is 3.53. The molecule has 0 radical (unpaired) electrons. The summed E-state index contributed by atoms with van der Waals surface area (Å²) in [6, 6.07) is 0.347. The first kappa shape index (κ1) is 15.4. The van der Waals surface area contributed by atoms with E-state index in [9.17, 15) is 4.79 Å². The highest BCUT2D eigenvalue weighted by Gasteiger charge is 2.19. The molecule has 0 atom stereocenters. The quantitative estimate of drug-likeness (QED) is 0.648. The summed E-state index contributed by atoms with van der Waals surface area (Å²) < 4.78 is 5.06. The molecule has 0 heterocycles. The van der Waals surface area contributed by atoms with Crippen LogP contribution in [0.5, 0.6) is 0 Å². The molecule has 1 amide bonds. The molecule has 0 aromatic rings. The van der Waals surface area contributed by atoms with Crippen LogP contribution >= 0.6 is 0 Å². The van der Waals surface area contributed by atoms with Crippen molar-refractivity contribution in [2.24, 2.45) is 0 Å². The highest BCUT2D eigenvalue weighted by Crippen LogP contribution is 2.09. The number of rotatable bonds is 9. The Morgan fingerprint density at radius 1 is 1.38 bits per heavy atom. The smallest absolute Gasteiger partial charge is 0.224 e. The SMILES string of the molecule is CCC(CC)N(CCOC)C(=O)CCNC. The fraction of sp³-hybridized carbons (Fsp3) is 0.917. The third-order valence-corrected chi connectivity index (χ3v) is 2.83. The molecule has 0 aromatic heterocycles. The van der Waals surface area contributed by atoms with Crippen molar-refractivity contribution in [3.63, 3.8) is 0 Å². The molecule has 0 rings (SSSR count). The molecular weight excluding hydrogens is 204 g/mol. The van der Waals surface area contributed by atoms with Crippen LogP contribution in [-0.4, -0.2) is 50.7 Å².